The average molecular weight is 296 g/mol. The van der Waals surface area contributed by atoms with Crippen LogP contribution in [0.4, 0.5) is 0 Å². The van der Waals surface area contributed by atoms with Gasteiger partial charge in [-0.3, -0.25) is 0 Å². The number of hydrogen-bond donors (Lipinski definition) is 2. The van der Waals surface area contributed by atoms with Gasteiger partial charge >= 0.3 is 0 Å². The van der Waals surface area contributed by atoms with Crippen LogP contribution in [0.5, 0.6) is 0 Å². The van der Waals surface area contributed by atoms with E-state index in [-0.39, 0.29) is 6.10 Å². The van der Waals surface area contributed by atoms with Crippen LogP contribution in [0.15, 0.2) is 0 Å². The molecule has 3 heteroatoms. The first-order valence-corrected chi connectivity index (χ1v) is 9.15. The van der Waals surface area contributed by atoms with Gasteiger partial charge in [-0.1, -0.05) is 20.8 Å². The predicted molar refractivity (Wildman–Crippen MR) is 89.4 cm³/mol. The molecule has 1 aliphatic carbocycles. The largest absolute Gasteiger partial charge is 0.393 e. The van der Waals surface area contributed by atoms with Gasteiger partial charge in [0.15, 0.2) is 0 Å². The summed E-state index contributed by atoms with van der Waals surface area (Å²) in [5.74, 6) is 2.94. The Morgan fingerprint density at radius 3 is 2.67 bits per heavy atom. The van der Waals surface area contributed by atoms with Crippen molar-refractivity contribution in [3.05, 3.63) is 0 Å². The topological polar surface area (TPSA) is 35.5 Å². The Kier molecular flexibility index (Phi) is 6.51. The van der Waals surface area contributed by atoms with Gasteiger partial charge in [0, 0.05) is 19.1 Å². The summed E-state index contributed by atoms with van der Waals surface area (Å²) < 4.78 is 0. The van der Waals surface area contributed by atoms with Crippen LogP contribution in [0.2, 0.25) is 0 Å². The van der Waals surface area contributed by atoms with Gasteiger partial charge in [0.05, 0.1) is 6.10 Å². The van der Waals surface area contributed by atoms with E-state index in [4.69, 9.17) is 0 Å². The van der Waals surface area contributed by atoms with E-state index >= 15 is 0 Å². The molecule has 0 radical (unpaired) electrons. The molecule has 124 valence electrons. The van der Waals surface area contributed by atoms with E-state index in [1.165, 1.54) is 38.8 Å². The second-order valence-corrected chi connectivity index (χ2v) is 7.83. The van der Waals surface area contributed by atoms with Gasteiger partial charge in [-0.25, -0.2) is 0 Å². The van der Waals surface area contributed by atoms with Crippen molar-refractivity contribution >= 4 is 0 Å². The highest BCUT2D eigenvalue weighted by Crippen LogP contribution is 2.35. The number of likely N-dealkylation sites (tertiary alicyclic amines) is 1. The van der Waals surface area contributed by atoms with Crippen molar-refractivity contribution in [1.29, 1.82) is 0 Å². The van der Waals surface area contributed by atoms with Gasteiger partial charge in [0.1, 0.15) is 0 Å². The lowest BCUT2D eigenvalue weighted by Gasteiger charge is -2.42. The highest BCUT2D eigenvalue weighted by Gasteiger charge is 2.36. The Bertz CT molecular complexity index is 308. The fraction of sp³-hybridized carbons (Fsp3) is 1.00. The van der Waals surface area contributed by atoms with Crippen molar-refractivity contribution in [1.82, 2.24) is 10.2 Å². The van der Waals surface area contributed by atoms with Crippen LogP contribution in [-0.2, 0) is 0 Å². The maximum atomic E-state index is 9.79. The maximum absolute atomic E-state index is 9.79. The van der Waals surface area contributed by atoms with Crippen molar-refractivity contribution in [3.8, 4) is 0 Å². The summed E-state index contributed by atoms with van der Waals surface area (Å²) in [5, 5.41) is 13.6. The molecule has 6 unspecified atom stereocenters. The molecule has 2 aliphatic rings. The highest BCUT2D eigenvalue weighted by molar-refractivity contribution is 4.91. The molecule has 0 aromatic rings. The van der Waals surface area contributed by atoms with Crippen LogP contribution in [0.1, 0.15) is 53.4 Å². The highest BCUT2D eigenvalue weighted by atomic mass is 16.3. The summed E-state index contributed by atoms with van der Waals surface area (Å²) in [6, 6.07) is 0.689. The molecule has 2 fully saturated rings. The van der Waals surface area contributed by atoms with E-state index in [0.717, 1.165) is 30.8 Å². The number of rotatable bonds is 6. The second-order valence-electron chi connectivity index (χ2n) is 7.83. The Morgan fingerprint density at radius 1 is 1.29 bits per heavy atom. The van der Waals surface area contributed by atoms with Gasteiger partial charge in [-0.15, -0.1) is 0 Å². The molecule has 2 rings (SSSR count). The number of aliphatic hydroxyl groups is 1. The molecule has 0 amide bonds. The van der Waals surface area contributed by atoms with E-state index in [9.17, 15) is 5.11 Å². The van der Waals surface area contributed by atoms with Gasteiger partial charge in [-0.05, 0) is 69.4 Å². The summed E-state index contributed by atoms with van der Waals surface area (Å²) in [4.78, 5) is 2.61. The predicted octanol–water partition coefficient (Wildman–Crippen LogP) is 2.74. The molecule has 0 bridgehead atoms. The minimum absolute atomic E-state index is 0.146. The zero-order valence-electron chi connectivity index (χ0n) is 14.5. The fourth-order valence-electron chi connectivity index (χ4n) is 4.50. The van der Waals surface area contributed by atoms with Gasteiger partial charge in [0.25, 0.3) is 0 Å². The lowest BCUT2D eigenvalue weighted by atomic mass is 9.72. The number of nitrogens with zero attached hydrogens (tertiary/aromatic N) is 1. The summed E-state index contributed by atoms with van der Waals surface area (Å²) in [5.41, 5.74) is 0. The normalized spacial score (nSPS) is 39.6. The minimum atomic E-state index is -0.146. The van der Waals surface area contributed by atoms with Gasteiger partial charge in [-0.2, -0.15) is 0 Å². The molecule has 2 N–H and O–H groups in total. The monoisotopic (exact) mass is 296 g/mol. The van der Waals surface area contributed by atoms with Crippen molar-refractivity contribution < 1.29 is 5.11 Å². The Morgan fingerprint density at radius 2 is 2.05 bits per heavy atom. The molecule has 6 atom stereocenters. The third-order valence-electron chi connectivity index (χ3n) is 5.79. The SMILES string of the molecule is CCCNC1CC(C)CC(C)C1CN1CCC(C(C)O)C1. The molecule has 1 saturated carbocycles. The van der Waals surface area contributed by atoms with Gasteiger partial charge < -0.3 is 15.3 Å². The lowest BCUT2D eigenvalue weighted by molar-refractivity contribution is 0.0975. The second kappa shape index (κ2) is 7.94. The van der Waals surface area contributed by atoms with E-state index in [2.05, 4.69) is 31.0 Å². The molecule has 3 nitrogen and oxygen atoms in total. The van der Waals surface area contributed by atoms with Crippen molar-refractivity contribution in [2.45, 2.75) is 65.5 Å². The molecular weight excluding hydrogens is 260 g/mol. The Labute approximate surface area is 131 Å². The number of aliphatic hydroxyl groups excluding tert-OH is 1. The van der Waals surface area contributed by atoms with Crippen LogP contribution in [0.25, 0.3) is 0 Å². The van der Waals surface area contributed by atoms with Crippen LogP contribution < -0.4 is 5.32 Å². The van der Waals surface area contributed by atoms with Crippen LogP contribution >= 0.6 is 0 Å². The standard InChI is InChI=1S/C18H36N2O/c1-5-7-19-18-10-13(2)9-14(3)17(18)12-20-8-6-16(11-20)15(4)21/h13-19,21H,5-12H2,1-4H3. The molecule has 0 spiro atoms. The Balaban J connectivity index is 1.91. The molecule has 21 heavy (non-hydrogen) atoms. The zero-order valence-corrected chi connectivity index (χ0v) is 14.5. The molecule has 1 heterocycles. The lowest BCUT2D eigenvalue weighted by Crippen LogP contribution is -2.49. The molecule has 0 aromatic heterocycles. The van der Waals surface area contributed by atoms with Crippen LogP contribution in [0.3, 0.4) is 0 Å². The smallest absolute Gasteiger partial charge is 0.0552 e. The van der Waals surface area contributed by atoms with Crippen LogP contribution in [-0.4, -0.2) is 48.3 Å². The van der Waals surface area contributed by atoms with Crippen LogP contribution in [0, 0.1) is 23.7 Å². The van der Waals surface area contributed by atoms with E-state index in [1.54, 1.807) is 0 Å². The Hall–Kier alpha value is -0.120. The number of nitrogens with one attached hydrogen (secondary N) is 1. The van der Waals surface area contributed by atoms with E-state index < -0.39 is 0 Å². The fourth-order valence-corrected chi connectivity index (χ4v) is 4.50. The van der Waals surface area contributed by atoms with Crippen molar-refractivity contribution in [2.75, 3.05) is 26.2 Å². The summed E-state index contributed by atoms with van der Waals surface area (Å²) in [7, 11) is 0. The molecular formula is C18H36N2O. The van der Waals surface area contributed by atoms with E-state index in [0.29, 0.717) is 12.0 Å². The number of hydrogen-bond acceptors (Lipinski definition) is 3. The first-order valence-electron chi connectivity index (χ1n) is 9.15. The zero-order chi connectivity index (χ0) is 15.4. The summed E-state index contributed by atoms with van der Waals surface area (Å²) in [6.07, 6.45) is 4.96. The molecule has 1 saturated heterocycles. The third kappa shape index (κ3) is 4.67. The molecule has 0 aromatic carbocycles. The first-order chi connectivity index (χ1) is 10.0. The minimum Gasteiger partial charge on any atom is -0.393 e. The maximum Gasteiger partial charge on any atom is 0.0552 e. The third-order valence-corrected chi connectivity index (χ3v) is 5.79. The summed E-state index contributed by atoms with van der Waals surface area (Å²) in [6.45, 7) is 13.7. The van der Waals surface area contributed by atoms with Crippen molar-refractivity contribution in [2.24, 2.45) is 23.7 Å². The molecule has 1 aliphatic heterocycles. The van der Waals surface area contributed by atoms with Crippen molar-refractivity contribution in [3.63, 3.8) is 0 Å². The quantitative estimate of drug-likeness (QED) is 0.791. The van der Waals surface area contributed by atoms with Gasteiger partial charge in [0.2, 0.25) is 0 Å². The first kappa shape index (κ1) is 17.2. The summed E-state index contributed by atoms with van der Waals surface area (Å²) >= 11 is 0. The van der Waals surface area contributed by atoms with E-state index in [1.807, 2.05) is 6.92 Å². The average Bonchev–Trinajstić information content (AvgIpc) is 2.88.